The van der Waals surface area contributed by atoms with Gasteiger partial charge in [-0.2, -0.15) is 18.4 Å². The minimum Gasteiger partial charge on any atom is -0.437 e. The Morgan fingerprint density at radius 1 is 1.11 bits per heavy atom. The molecule has 1 atom stereocenters. The number of aromatic nitrogens is 1. The van der Waals surface area contributed by atoms with Crippen LogP contribution in [-0.4, -0.2) is 49.2 Å². The third-order valence-electron chi connectivity index (χ3n) is 6.14. The molecular formula is C26H27F3N4O3. The van der Waals surface area contributed by atoms with Gasteiger partial charge in [0.15, 0.2) is 6.10 Å². The summed E-state index contributed by atoms with van der Waals surface area (Å²) in [4.78, 5) is 14.1. The normalized spacial score (nSPS) is 15.1. The fraction of sp³-hybridized carbons (Fsp3) is 0.385. The number of nitrogens with one attached hydrogen (secondary N) is 1. The number of morpholine rings is 1. The largest absolute Gasteiger partial charge is 0.437 e. The first-order chi connectivity index (χ1) is 17.1. The number of halogens is 3. The first kappa shape index (κ1) is 25.4. The molecule has 0 unspecified atom stereocenters. The second-order valence-electron chi connectivity index (χ2n) is 8.89. The maximum absolute atomic E-state index is 12.6. The van der Waals surface area contributed by atoms with Crippen LogP contribution in [0.15, 0.2) is 42.5 Å². The molecule has 1 aromatic heterocycles. The molecule has 36 heavy (non-hydrogen) atoms. The summed E-state index contributed by atoms with van der Waals surface area (Å²) in [5, 5.41) is 13.2. The molecule has 2 heterocycles. The molecule has 0 aliphatic carbocycles. The Kier molecular flexibility index (Phi) is 7.13. The first-order valence-electron chi connectivity index (χ1n) is 11.7. The highest BCUT2D eigenvalue weighted by molar-refractivity contribution is 5.96. The standard InChI is InChI=1S/C26H27F3N4O3/c1-16(2)33-23-14-20(32-10-12-35-13-11-32)8-9-21(23)22(15-30)24(33)18-4-6-19(7-5-18)31-25(34)36-17(3)26(27,28)29/h4-9,14,16-17H,10-13H2,1-3H3,(H,31,34)/t17-/m1/s1. The van der Waals surface area contributed by atoms with Crippen LogP contribution in [0, 0.1) is 11.3 Å². The zero-order valence-electron chi connectivity index (χ0n) is 20.2. The number of ether oxygens (including phenoxy) is 2. The summed E-state index contributed by atoms with van der Waals surface area (Å²) in [7, 11) is 0. The van der Waals surface area contributed by atoms with Gasteiger partial charge in [-0.25, -0.2) is 4.79 Å². The summed E-state index contributed by atoms with van der Waals surface area (Å²) >= 11 is 0. The van der Waals surface area contributed by atoms with Crippen molar-refractivity contribution in [3.63, 3.8) is 0 Å². The SMILES string of the molecule is CC(C)n1c(-c2ccc(NC(=O)O[C@H](C)C(F)(F)F)cc2)c(C#N)c2ccc(N3CCOCC3)cc21. The number of nitrogens with zero attached hydrogens (tertiary/aromatic N) is 3. The van der Waals surface area contributed by atoms with E-state index in [9.17, 15) is 23.2 Å². The summed E-state index contributed by atoms with van der Waals surface area (Å²) < 4.78 is 49.9. The lowest BCUT2D eigenvalue weighted by Gasteiger charge is -2.29. The van der Waals surface area contributed by atoms with Gasteiger partial charge in [0.25, 0.3) is 0 Å². The van der Waals surface area contributed by atoms with E-state index in [1.54, 1.807) is 24.3 Å². The van der Waals surface area contributed by atoms with E-state index in [2.05, 4.69) is 31.7 Å². The Labute approximate surface area is 207 Å². The van der Waals surface area contributed by atoms with Crippen LogP contribution >= 0.6 is 0 Å². The van der Waals surface area contributed by atoms with Crippen molar-refractivity contribution >= 4 is 28.4 Å². The lowest BCUT2D eigenvalue weighted by molar-refractivity contribution is -0.196. The van der Waals surface area contributed by atoms with E-state index in [4.69, 9.17) is 4.74 Å². The zero-order valence-corrected chi connectivity index (χ0v) is 20.2. The van der Waals surface area contributed by atoms with Crippen LogP contribution in [-0.2, 0) is 9.47 Å². The van der Waals surface area contributed by atoms with Crippen molar-refractivity contribution in [1.29, 1.82) is 5.26 Å². The number of fused-ring (bicyclic) bond motifs is 1. The van der Waals surface area contributed by atoms with Gasteiger partial charge < -0.3 is 18.9 Å². The van der Waals surface area contributed by atoms with Gasteiger partial charge in [-0.3, -0.25) is 5.32 Å². The molecule has 1 amide bonds. The van der Waals surface area contributed by atoms with Crippen LogP contribution in [0.1, 0.15) is 32.4 Å². The lowest BCUT2D eigenvalue weighted by Crippen LogP contribution is -2.36. The van der Waals surface area contributed by atoms with Gasteiger partial charge >= 0.3 is 12.3 Å². The number of amides is 1. The molecule has 0 saturated carbocycles. The highest BCUT2D eigenvalue weighted by Gasteiger charge is 2.39. The average molecular weight is 501 g/mol. The molecule has 2 aromatic carbocycles. The summed E-state index contributed by atoms with van der Waals surface area (Å²) in [5.74, 6) is 0. The van der Waals surface area contributed by atoms with Gasteiger partial charge in [0.2, 0.25) is 0 Å². The van der Waals surface area contributed by atoms with Gasteiger partial charge in [0.1, 0.15) is 6.07 Å². The van der Waals surface area contributed by atoms with Crippen molar-refractivity contribution in [2.24, 2.45) is 0 Å². The van der Waals surface area contributed by atoms with E-state index in [0.29, 0.717) is 18.8 Å². The number of carbonyl (C=O) groups is 1. The Bertz CT molecular complexity index is 1290. The zero-order chi connectivity index (χ0) is 26.0. The van der Waals surface area contributed by atoms with Crippen LogP contribution in [0.2, 0.25) is 0 Å². The van der Waals surface area contributed by atoms with Crippen molar-refractivity contribution in [1.82, 2.24) is 4.57 Å². The summed E-state index contributed by atoms with van der Waals surface area (Å²) in [5.41, 5.74) is 4.29. The number of hydrogen-bond donors (Lipinski definition) is 1. The van der Waals surface area contributed by atoms with Crippen molar-refractivity contribution < 1.29 is 27.4 Å². The number of alkyl halides is 3. The Hall–Kier alpha value is -3.71. The molecule has 1 saturated heterocycles. The predicted octanol–water partition coefficient (Wildman–Crippen LogP) is 6.10. The fourth-order valence-corrected chi connectivity index (χ4v) is 4.34. The van der Waals surface area contributed by atoms with E-state index in [0.717, 1.165) is 47.9 Å². The topological polar surface area (TPSA) is 79.5 Å². The molecule has 0 radical (unpaired) electrons. The summed E-state index contributed by atoms with van der Waals surface area (Å²) in [6.07, 6.45) is -8.06. The average Bonchev–Trinajstić information content (AvgIpc) is 3.18. The molecule has 10 heteroatoms. The van der Waals surface area contributed by atoms with Crippen LogP contribution in [0.3, 0.4) is 0 Å². The molecule has 4 rings (SSSR count). The molecule has 0 bridgehead atoms. The highest BCUT2D eigenvalue weighted by atomic mass is 19.4. The second-order valence-corrected chi connectivity index (χ2v) is 8.89. The Balaban J connectivity index is 1.67. The summed E-state index contributed by atoms with van der Waals surface area (Å²) in [6, 6.07) is 15.0. The molecule has 1 N–H and O–H groups in total. The predicted molar refractivity (Wildman–Crippen MR) is 131 cm³/mol. The van der Waals surface area contributed by atoms with Gasteiger partial charge in [-0.05, 0) is 56.7 Å². The number of benzene rings is 2. The van der Waals surface area contributed by atoms with E-state index in [1.807, 2.05) is 26.0 Å². The highest BCUT2D eigenvalue weighted by Crippen LogP contribution is 2.38. The quantitative estimate of drug-likeness (QED) is 0.458. The van der Waals surface area contributed by atoms with Gasteiger partial charge in [-0.1, -0.05) is 12.1 Å². The van der Waals surface area contributed by atoms with Gasteiger partial charge in [0, 0.05) is 35.9 Å². The van der Waals surface area contributed by atoms with Gasteiger partial charge in [-0.15, -0.1) is 0 Å². The monoisotopic (exact) mass is 500 g/mol. The third-order valence-corrected chi connectivity index (χ3v) is 6.14. The van der Waals surface area contributed by atoms with Crippen molar-refractivity contribution in [2.45, 2.75) is 39.1 Å². The maximum Gasteiger partial charge on any atom is 0.425 e. The minimum absolute atomic E-state index is 0.0428. The molecular weight excluding hydrogens is 473 g/mol. The molecule has 1 aliphatic heterocycles. The fourth-order valence-electron chi connectivity index (χ4n) is 4.34. The molecule has 7 nitrogen and oxygen atoms in total. The van der Waals surface area contributed by atoms with Crippen LogP contribution in [0.4, 0.5) is 29.3 Å². The van der Waals surface area contributed by atoms with Crippen molar-refractivity contribution in [2.75, 3.05) is 36.5 Å². The van der Waals surface area contributed by atoms with E-state index >= 15 is 0 Å². The number of nitriles is 1. The maximum atomic E-state index is 12.6. The van der Waals surface area contributed by atoms with Crippen molar-refractivity contribution in [3.8, 4) is 17.3 Å². The summed E-state index contributed by atoms with van der Waals surface area (Å²) in [6.45, 7) is 7.77. The smallest absolute Gasteiger partial charge is 0.425 e. The van der Waals surface area contributed by atoms with Crippen LogP contribution in [0.25, 0.3) is 22.2 Å². The van der Waals surface area contributed by atoms with E-state index < -0.39 is 18.4 Å². The number of carbonyl (C=O) groups excluding carboxylic acids is 1. The van der Waals surface area contributed by atoms with Crippen molar-refractivity contribution in [3.05, 3.63) is 48.0 Å². The second kappa shape index (κ2) is 10.1. The minimum atomic E-state index is -4.64. The number of hydrogen-bond acceptors (Lipinski definition) is 5. The van der Waals surface area contributed by atoms with Crippen LogP contribution in [0.5, 0.6) is 0 Å². The van der Waals surface area contributed by atoms with Crippen LogP contribution < -0.4 is 10.2 Å². The number of rotatable bonds is 5. The number of anilines is 2. The van der Waals surface area contributed by atoms with E-state index in [-0.39, 0.29) is 11.7 Å². The lowest BCUT2D eigenvalue weighted by atomic mass is 10.1. The third kappa shape index (κ3) is 5.11. The molecule has 1 aliphatic rings. The first-order valence-corrected chi connectivity index (χ1v) is 11.7. The van der Waals surface area contributed by atoms with Gasteiger partial charge in [0.05, 0.1) is 30.0 Å². The van der Waals surface area contributed by atoms with E-state index in [1.165, 1.54) is 0 Å². The molecule has 190 valence electrons. The molecule has 3 aromatic rings. The Morgan fingerprint density at radius 3 is 2.36 bits per heavy atom. The Morgan fingerprint density at radius 2 is 1.78 bits per heavy atom. The molecule has 0 spiro atoms. The molecule has 1 fully saturated rings.